The van der Waals surface area contributed by atoms with E-state index in [1.165, 1.54) is 5.69 Å². The number of anilines is 2. The number of hydrogen-bond donors (Lipinski definition) is 0. The topological polar surface area (TPSA) is 26.8 Å². The molecule has 0 atom stereocenters. The monoisotopic (exact) mass is 391 g/mol. The Balaban J connectivity index is 1.84. The van der Waals surface area contributed by atoms with Gasteiger partial charge in [0.1, 0.15) is 0 Å². The van der Waals surface area contributed by atoms with Crippen molar-refractivity contribution in [2.75, 3.05) is 37.6 Å². The van der Waals surface area contributed by atoms with Crippen molar-refractivity contribution in [3.63, 3.8) is 0 Å². The minimum atomic E-state index is 0.102. The Bertz CT molecular complexity index is 775. The van der Waals surface area contributed by atoms with Gasteiger partial charge in [0.2, 0.25) is 0 Å². The summed E-state index contributed by atoms with van der Waals surface area (Å²) >= 11 is 0. The summed E-state index contributed by atoms with van der Waals surface area (Å²) in [5, 5.41) is 0. The number of para-hydroxylation sites is 1. The predicted molar refractivity (Wildman–Crippen MR) is 122 cm³/mol. The summed E-state index contributed by atoms with van der Waals surface area (Å²) in [6, 6.07) is 19.2. The molecule has 1 saturated heterocycles. The molecule has 2 aromatic rings. The highest BCUT2D eigenvalue weighted by Gasteiger charge is 2.26. The molecule has 29 heavy (non-hydrogen) atoms. The highest BCUT2D eigenvalue weighted by Crippen LogP contribution is 2.32. The lowest BCUT2D eigenvalue weighted by molar-refractivity contribution is 0.0773. The number of benzene rings is 2. The van der Waals surface area contributed by atoms with Crippen LogP contribution in [0, 0.1) is 0 Å². The molecular weight excluding hydrogens is 358 g/mol. The zero-order chi connectivity index (χ0) is 20.6. The lowest BCUT2D eigenvalue weighted by atomic mass is 10.0. The third-order valence-electron chi connectivity index (χ3n) is 5.79. The molecule has 0 spiro atoms. The van der Waals surface area contributed by atoms with Crippen LogP contribution >= 0.6 is 0 Å². The predicted octanol–water partition coefficient (Wildman–Crippen LogP) is 4.96. The largest absolute Gasteiger partial charge is 0.339 e. The van der Waals surface area contributed by atoms with Gasteiger partial charge in [-0.15, -0.1) is 6.58 Å². The molecule has 1 aliphatic heterocycles. The van der Waals surface area contributed by atoms with E-state index in [0.717, 1.165) is 56.8 Å². The fourth-order valence-corrected chi connectivity index (χ4v) is 4.16. The van der Waals surface area contributed by atoms with Crippen molar-refractivity contribution < 1.29 is 4.79 Å². The van der Waals surface area contributed by atoms with Gasteiger partial charge in [0.05, 0.1) is 0 Å². The van der Waals surface area contributed by atoms with Gasteiger partial charge in [-0.2, -0.15) is 0 Å². The van der Waals surface area contributed by atoms with E-state index in [2.05, 4.69) is 58.8 Å². The normalized spacial score (nSPS) is 15.1. The SMILES string of the molecule is C=CCN1CCC(N(c2ccccc2)c2ccc(C(=O)N(CC)CC)cc2)CC1. The molecule has 154 valence electrons. The summed E-state index contributed by atoms with van der Waals surface area (Å²) in [7, 11) is 0. The fraction of sp³-hybridized carbons (Fsp3) is 0.400. The van der Waals surface area contributed by atoms with Crippen LogP contribution in [0.4, 0.5) is 11.4 Å². The van der Waals surface area contributed by atoms with Crippen LogP contribution in [-0.2, 0) is 0 Å². The Morgan fingerprint density at radius 1 is 1.00 bits per heavy atom. The van der Waals surface area contributed by atoms with Gasteiger partial charge < -0.3 is 9.80 Å². The second-order valence-electron chi connectivity index (χ2n) is 7.55. The first kappa shape index (κ1) is 21.1. The molecule has 4 nitrogen and oxygen atoms in total. The lowest BCUT2D eigenvalue weighted by Gasteiger charge is -2.39. The number of carbonyl (C=O) groups excluding carboxylic acids is 1. The minimum absolute atomic E-state index is 0.102. The average Bonchev–Trinajstić information content (AvgIpc) is 2.77. The Kier molecular flexibility index (Phi) is 7.48. The van der Waals surface area contributed by atoms with Crippen LogP contribution in [0.1, 0.15) is 37.0 Å². The van der Waals surface area contributed by atoms with Gasteiger partial charge in [0.25, 0.3) is 5.91 Å². The third-order valence-corrected chi connectivity index (χ3v) is 5.79. The summed E-state index contributed by atoms with van der Waals surface area (Å²) in [5.41, 5.74) is 3.11. The molecule has 1 amide bonds. The van der Waals surface area contributed by atoms with Crippen LogP contribution < -0.4 is 4.90 Å². The third kappa shape index (κ3) is 5.07. The Morgan fingerprint density at radius 3 is 2.14 bits per heavy atom. The Labute approximate surface area is 175 Å². The van der Waals surface area contributed by atoms with Gasteiger partial charge in [-0.1, -0.05) is 24.3 Å². The van der Waals surface area contributed by atoms with Gasteiger partial charge in [-0.05, 0) is 63.1 Å². The number of likely N-dealkylation sites (tertiary alicyclic amines) is 1. The standard InChI is InChI=1S/C25H33N3O/c1-4-18-26-19-16-24(17-20-26)28(22-10-8-7-9-11-22)23-14-12-21(13-15-23)25(29)27(5-2)6-3/h4,7-15,24H,1,5-6,16-20H2,2-3H3. The van der Waals surface area contributed by atoms with Crippen molar-refractivity contribution >= 4 is 17.3 Å². The lowest BCUT2D eigenvalue weighted by Crippen LogP contribution is -2.43. The number of piperidine rings is 1. The first-order valence-corrected chi connectivity index (χ1v) is 10.7. The highest BCUT2D eigenvalue weighted by molar-refractivity contribution is 5.94. The number of carbonyl (C=O) groups is 1. The average molecular weight is 392 g/mol. The van der Waals surface area contributed by atoms with E-state index >= 15 is 0 Å². The Morgan fingerprint density at radius 2 is 1.59 bits per heavy atom. The fourth-order valence-electron chi connectivity index (χ4n) is 4.16. The zero-order valence-corrected chi connectivity index (χ0v) is 17.8. The second kappa shape index (κ2) is 10.3. The van der Waals surface area contributed by atoms with Crippen molar-refractivity contribution in [1.29, 1.82) is 0 Å². The maximum absolute atomic E-state index is 12.7. The first-order valence-electron chi connectivity index (χ1n) is 10.7. The second-order valence-corrected chi connectivity index (χ2v) is 7.55. The molecule has 0 bridgehead atoms. The molecule has 0 aromatic heterocycles. The van der Waals surface area contributed by atoms with Crippen LogP contribution in [0.5, 0.6) is 0 Å². The highest BCUT2D eigenvalue weighted by atomic mass is 16.2. The molecule has 1 aliphatic rings. The first-order chi connectivity index (χ1) is 14.2. The molecule has 0 radical (unpaired) electrons. The van der Waals surface area contributed by atoms with Crippen LogP contribution in [0.3, 0.4) is 0 Å². The molecule has 2 aromatic carbocycles. The molecule has 4 heteroatoms. The number of hydrogen-bond acceptors (Lipinski definition) is 3. The van der Waals surface area contributed by atoms with E-state index in [9.17, 15) is 4.79 Å². The van der Waals surface area contributed by atoms with Crippen molar-refractivity contribution in [3.8, 4) is 0 Å². The van der Waals surface area contributed by atoms with Gasteiger partial charge >= 0.3 is 0 Å². The smallest absolute Gasteiger partial charge is 0.253 e. The van der Waals surface area contributed by atoms with E-state index in [-0.39, 0.29) is 5.91 Å². The quantitative estimate of drug-likeness (QED) is 0.595. The van der Waals surface area contributed by atoms with Gasteiger partial charge in [-0.25, -0.2) is 0 Å². The van der Waals surface area contributed by atoms with Gasteiger partial charge in [-0.3, -0.25) is 9.69 Å². The Hall–Kier alpha value is -2.59. The summed E-state index contributed by atoms with van der Waals surface area (Å²) < 4.78 is 0. The molecule has 0 N–H and O–H groups in total. The van der Waals surface area contributed by atoms with E-state index in [0.29, 0.717) is 6.04 Å². The number of amides is 1. The van der Waals surface area contributed by atoms with E-state index in [4.69, 9.17) is 0 Å². The molecular formula is C25H33N3O. The van der Waals surface area contributed by atoms with Gasteiger partial charge in [0, 0.05) is 55.7 Å². The molecule has 0 unspecified atom stereocenters. The van der Waals surface area contributed by atoms with Crippen molar-refractivity contribution in [1.82, 2.24) is 9.80 Å². The van der Waals surface area contributed by atoms with Crippen molar-refractivity contribution in [2.45, 2.75) is 32.7 Å². The zero-order valence-electron chi connectivity index (χ0n) is 17.8. The van der Waals surface area contributed by atoms with E-state index < -0.39 is 0 Å². The van der Waals surface area contributed by atoms with Crippen LogP contribution in [0.25, 0.3) is 0 Å². The molecule has 1 fully saturated rings. The number of nitrogens with zero attached hydrogens (tertiary/aromatic N) is 3. The van der Waals surface area contributed by atoms with Crippen molar-refractivity contribution in [3.05, 3.63) is 72.8 Å². The van der Waals surface area contributed by atoms with Crippen molar-refractivity contribution in [2.24, 2.45) is 0 Å². The van der Waals surface area contributed by atoms with Gasteiger partial charge in [0.15, 0.2) is 0 Å². The molecule has 1 heterocycles. The van der Waals surface area contributed by atoms with Crippen LogP contribution in [0.15, 0.2) is 67.3 Å². The summed E-state index contributed by atoms with van der Waals surface area (Å²) in [5.74, 6) is 0.102. The molecule has 0 aliphatic carbocycles. The van der Waals surface area contributed by atoms with E-state index in [1.54, 1.807) is 0 Å². The molecule has 3 rings (SSSR count). The number of rotatable bonds is 8. The summed E-state index contributed by atoms with van der Waals surface area (Å²) in [6.45, 7) is 12.5. The van der Waals surface area contributed by atoms with E-state index in [1.807, 2.05) is 37.0 Å². The minimum Gasteiger partial charge on any atom is -0.339 e. The maximum atomic E-state index is 12.7. The van der Waals surface area contributed by atoms with Crippen LogP contribution in [0.2, 0.25) is 0 Å². The maximum Gasteiger partial charge on any atom is 0.253 e. The molecule has 0 saturated carbocycles. The van der Waals surface area contributed by atoms with Crippen LogP contribution in [-0.4, -0.2) is 54.5 Å². The summed E-state index contributed by atoms with van der Waals surface area (Å²) in [4.78, 5) is 19.4. The summed E-state index contributed by atoms with van der Waals surface area (Å²) in [6.07, 6.45) is 4.21.